The van der Waals surface area contributed by atoms with E-state index in [0.29, 0.717) is 37.0 Å². The average molecular weight is 452 g/mol. The summed E-state index contributed by atoms with van der Waals surface area (Å²) in [5.41, 5.74) is 2.00. The summed E-state index contributed by atoms with van der Waals surface area (Å²) >= 11 is 0. The number of nitrogens with one attached hydrogen (secondary N) is 1. The number of H-pyrrole nitrogens is 1. The minimum atomic E-state index is -4.02. The predicted octanol–water partition coefficient (Wildman–Crippen LogP) is 2.71. The van der Waals surface area contributed by atoms with Crippen LogP contribution in [0.5, 0.6) is 0 Å². The number of amides is 1. The molecule has 0 radical (unpaired) electrons. The van der Waals surface area contributed by atoms with Crippen molar-refractivity contribution in [2.24, 2.45) is 5.92 Å². The van der Waals surface area contributed by atoms with Crippen molar-refractivity contribution in [3.8, 4) is 0 Å². The maximum absolute atomic E-state index is 13.8. The van der Waals surface area contributed by atoms with E-state index in [2.05, 4.69) is 21.5 Å². The molecule has 3 atom stereocenters. The molecule has 0 aliphatic carbocycles. The quantitative estimate of drug-likeness (QED) is 0.602. The molecular weight excluding hydrogens is 426 g/mol. The summed E-state index contributed by atoms with van der Waals surface area (Å²) in [6, 6.07) is 11.7. The number of pyridine rings is 1. The Morgan fingerprint density at radius 2 is 1.97 bits per heavy atom. The number of piperidine rings is 1. The Hall–Kier alpha value is -3.04. The van der Waals surface area contributed by atoms with Gasteiger partial charge in [-0.3, -0.25) is 9.78 Å². The average Bonchev–Trinajstić information content (AvgIpc) is 3.24. The summed E-state index contributed by atoms with van der Waals surface area (Å²) in [4.78, 5) is 27.0. The topological polar surface area (TPSA) is 99.3 Å². The number of rotatable bonds is 5. The number of sulfonamides is 1. The summed E-state index contributed by atoms with van der Waals surface area (Å²) in [6.45, 7) is 4.71. The standard InChI is InChI=1S/C23H25N5O3S/c1-2-16-14-27(15-17-8-5-6-13-24-17)22(29)21-12-7-11-20(16)28(21)32(30,31)23-25-18-9-3-4-10-19(18)26-23/h2-6,8-10,13,16,20-21H,1,7,11-12,14-15H2,(H,25,26)/t16-,20-,21?/m0/s1. The normalized spacial score (nSPS) is 24.4. The summed E-state index contributed by atoms with van der Waals surface area (Å²) < 4.78 is 29.0. The third-order valence-electron chi connectivity index (χ3n) is 6.40. The molecule has 0 spiro atoms. The van der Waals surface area contributed by atoms with E-state index in [1.54, 1.807) is 29.3 Å². The molecule has 8 nitrogen and oxygen atoms in total. The SMILES string of the molecule is C=C[C@H]1CN(Cc2ccccn2)C(=O)C2CCC[C@@H]1N2S(=O)(=O)c1nc2ccccc2[nH]1. The predicted molar refractivity (Wildman–Crippen MR) is 120 cm³/mol. The number of hydrogen-bond acceptors (Lipinski definition) is 5. The minimum Gasteiger partial charge on any atom is -0.335 e. The molecule has 2 saturated heterocycles. The van der Waals surface area contributed by atoms with Crippen molar-refractivity contribution < 1.29 is 13.2 Å². The van der Waals surface area contributed by atoms with Crippen LogP contribution in [-0.4, -0.2) is 57.1 Å². The van der Waals surface area contributed by atoms with E-state index in [0.717, 1.165) is 12.1 Å². The highest BCUT2D eigenvalue weighted by Gasteiger charge is 2.50. The maximum atomic E-state index is 13.8. The van der Waals surface area contributed by atoms with E-state index in [9.17, 15) is 13.2 Å². The van der Waals surface area contributed by atoms with E-state index >= 15 is 0 Å². The van der Waals surface area contributed by atoms with Crippen molar-refractivity contribution in [1.82, 2.24) is 24.2 Å². The number of carbonyl (C=O) groups excluding carboxylic acids is 1. The van der Waals surface area contributed by atoms with Crippen LogP contribution in [0.1, 0.15) is 25.0 Å². The maximum Gasteiger partial charge on any atom is 0.277 e. The molecule has 3 aromatic rings. The Morgan fingerprint density at radius 3 is 2.72 bits per heavy atom. The number of para-hydroxylation sites is 2. The van der Waals surface area contributed by atoms with Crippen LogP contribution in [0.3, 0.4) is 0 Å². The van der Waals surface area contributed by atoms with Crippen LogP contribution >= 0.6 is 0 Å². The number of carbonyl (C=O) groups is 1. The molecule has 2 fully saturated rings. The molecule has 166 valence electrons. The summed E-state index contributed by atoms with van der Waals surface area (Å²) in [5, 5.41) is -0.121. The molecule has 1 amide bonds. The Balaban J connectivity index is 1.56. The molecule has 2 aliphatic heterocycles. The summed E-state index contributed by atoms with van der Waals surface area (Å²) in [5.74, 6) is -0.378. The molecule has 2 bridgehead atoms. The molecule has 1 unspecified atom stereocenters. The fourth-order valence-corrected chi connectivity index (χ4v) is 6.68. The number of imidazole rings is 1. The van der Waals surface area contributed by atoms with Gasteiger partial charge in [-0.25, -0.2) is 13.4 Å². The highest BCUT2D eigenvalue weighted by atomic mass is 32.2. The van der Waals surface area contributed by atoms with Crippen LogP contribution in [0.25, 0.3) is 11.0 Å². The zero-order valence-electron chi connectivity index (χ0n) is 17.6. The van der Waals surface area contributed by atoms with Gasteiger partial charge in [-0.05, 0) is 43.5 Å². The molecule has 4 heterocycles. The second-order valence-corrected chi connectivity index (χ2v) is 10.1. The lowest BCUT2D eigenvalue weighted by molar-refractivity contribution is -0.135. The van der Waals surface area contributed by atoms with Gasteiger partial charge in [-0.2, -0.15) is 4.31 Å². The Morgan fingerprint density at radius 1 is 1.16 bits per heavy atom. The summed E-state index contributed by atoms with van der Waals surface area (Å²) in [6.07, 6.45) is 5.42. The summed E-state index contributed by atoms with van der Waals surface area (Å²) in [7, 11) is -4.02. The van der Waals surface area contributed by atoms with E-state index in [-0.39, 0.29) is 23.0 Å². The zero-order chi connectivity index (χ0) is 22.3. The van der Waals surface area contributed by atoms with Gasteiger partial charge >= 0.3 is 0 Å². The van der Waals surface area contributed by atoms with Crippen LogP contribution in [0.4, 0.5) is 0 Å². The van der Waals surface area contributed by atoms with Gasteiger partial charge in [-0.15, -0.1) is 6.58 Å². The van der Waals surface area contributed by atoms with Gasteiger partial charge < -0.3 is 9.88 Å². The number of aromatic nitrogens is 3. The van der Waals surface area contributed by atoms with E-state index in [1.165, 1.54) is 4.31 Å². The van der Waals surface area contributed by atoms with Gasteiger partial charge in [0.1, 0.15) is 6.04 Å². The first kappa shape index (κ1) is 20.8. The van der Waals surface area contributed by atoms with Gasteiger partial charge in [-0.1, -0.05) is 24.3 Å². The van der Waals surface area contributed by atoms with Gasteiger partial charge in [0.15, 0.2) is 0 Å². The molecule has 1 N–H and O–H groups in total. The highest BCUT2D eigenvalue weighted by Crippen LogP contribution is 2.37. The van der Waals surface area contributed by atoms with Crippen molar-refractivity contribution in [2.75, 3.05) is 6.54 Å². The molecular formula is C23H25N5O3S. The van der Waals surface area contributed by atoms with Gasteiger partial charge in [0.05, 0.1) is 23.3 Å². The van der Waals surface area contributed by atoms with E-state index in [4.69, 9.17) is 0 Å². The first-order valence-electron chi connectivity index (χ1n) is 10.8. The number of nitrogens with zero attached hydrogens (tertiary/aromatic N) is 4. The molecule has 0 saturated carbocycles. The van der Waals surface area contributed by atoms with Crippen molar-refractivity contribution in [1.29, 1.82) is 0 Å². The van der Waals surface area contributed by atoms with Gasteiger partial charge in [0.25, 0.3) is 10.0 Å². The van der Waals surface area contributed by atoms with Crippen LogP contribution in [-0.2, 0) is 21.4 Å². The van der Waals surface area contributed by atoms with Crippen molar-refractivity contribution in [3.05, 3.63) is 67.0 Å². The first-order valence-corrected chi connectivity index (χ1v) is 12.2. The van der Waals surface area contributed by atoms with Crippen LogP contribution in [0, 0.1) is 5.92 Å². The van der Waals surface area contributed by atoms with Crippen LogP contribution in [0.15, 0.2) is 66.5 Å². The number of benzene rings is 1. The zero-order valence-corrected chi connectivity index (χ0v) is 18.4. The number of aromatic amines is 1. The second kappa shape index (κ2) is 8.14. The number of hydrogen-bond donors (Lipinski definition) is 1. The molecule has 2 aromatic heterocycles. The molecule has 2 aliphatic rings. The van der Waals surface area contributed by atoms with E-state index in [1.807, 2.05) is 30.3 Å². The largest absolute Gasteiger partial charge is 0.335 e. The lowest BCUT2D eigenvalue weighted by atomic mass is 9.90. The molecule has 5 rings (SSSR count). The third-order valence-corrected chi connectivity index (χ3v) is 8.17. The Labute approximate surface area is 187 Å². The Kier molecular flexibility index (Phi) is 5.30. The number of fused-ring (bicyclic) bond motifs is 3. The lowest BCUT2D eigenvalue weighted by Crippen LogP contribution is -2.54. The van der Waals surface area contributed by atoms with Crippen molar-refractivity contribution in [2.45, 2.75) is 43.0 Å². The smallest absolute Gasteiger partial charge is 0.277 e. The molecule has 1 aromatic carbocycles. The van der Waals surface area contributed by atoms with E-state index < -0.39 is 16.1 Å². The first-order chi connectivity index (χ1) is 15.5. The van der Waals surface area contributed by atoms with Gasteiger partial charge in [0, 0.05) is 24.7 Å². The fraction of sp³-hybridized carbons (Fsp3) is 0.348. The monoisotopic (exact) mass is 451 g/mol. The van der Waals surface area contributed by atoms with Gasteiger partial charge in [0.2, 0.25) is 11.1 Å². The second-order valence-electron chi connectivity index (χ2n) is 8.35. The lowest BCUT2D eigenvalue weighted by Gasteiger charge is -2.39. The van der Waals surface area contributed by atoms with Crippen molar-refractivity contribution in [3.63, 3.8) is 0 Å². The highest BCUT2D eigenvalue weighted by molar-refractivity contribution is 7.89. The molecule has 9 heteroatoms. The van der Waals surface area contributed by atoms with Crippen LogP contribution < -0.4 is 0 Å². The minimum absolute atomic E-state index is 0.121. The third kappa shape index (κ3) is 3.51. The fourth-order valence-electron chi connectivity index (χ4n) is 4.88. The Bertz CT molecular complexity index is 1220. The molecule has 32 heavy (non-hydrogen) atoms. The van der Waals surface area contributed by atoms with Crippen LogP contribution in [0.2, 0.25) is 0 Å². The van der Waals surface area contributed by atoms with Crippen molar-refractivity contribution >= 4 is 27.0 Å².